The minimum atomic E-state index is 0.428. The molecular formula is C10H14FN. The Balaban J connectivity index is 1.94. The molecule has 3 unspecified atom stereocenters. The first-order chi connectivity index (χ1) is 5.79. The molecule has 1 nitrogen and oxygen atoms in total. The molecular weight excluding hydrogens is 153 g/mol. The monoisotopic (exact) mass is 167 g/mol. The van der Waals surface area contributed by atoms with Crippen molar-refractivity contribution >= 4 is 0 Å². The first-order valence-corrected chi connectivity index (χ1v) is 4.82. The predicted molar refractivity (Wildman–Crippen MR) is 45.4 cm³/mol. The Labute approximate surface area is 72.2 Å². The van der Waals surface area contributed by atoms with Crippen molar-refractivity contribution in [1.82, 2.24) is 4.90 Å². The predicted octanol–water partition coefficient (Wildman–Crippen LogP) is 1.95. The van der Waals surface area contributed by atoms with Gasteiger partial charge in [-0.3, -0.25) is 4.90 Å². The third kappa shape index (κ3) is 0.565. The van der Waals surface area contributed by atoms with Gasteiger partial charge in [0.25, 0.3) is 0 Å². The molecule has 66 valence electrons. The van der Waals surface area contributed by atoms with Gasteiger partial charge in [-0.2, -0.15) is 0 Å². The van der Waals surface area contributed by atoms with E-state index >= 15 is 0 Å². The summed E-state index contributed by atoms with van der Waals surface area (Å²) < 4.78 is 12.3. The van der Waals surface area contributed by atoms with Gasteiger partial charge >= 0.3 is 0 Å². The Morgan fingerprint density at radius 2 is 2.50 bits per heavy atom. The van der Waals surface area contributed by atoms with E-state index in [-0.39, 0.29) is 0 Å². The van der Waals surface area contributed by atoms with Crippen LogP contribution in [0.1, 0.15) is 19.8 Å². The van der Waals surface area contributed by atoms with Crippen LogP contribution in [0.5, 0.6) is 0 Å². The van der Waals surface area contributed by atoms with Crippen molar-refractivity contribution in [1.29, 1.82) is 0 Å². The second-order valence-corrected chi connectivity index (χ2v) is 4.54. The molecule has 0 radical (unpaired) electrons. The topological polar surface area (TPSA) is 3.24 Å². The average molecular weight is 167 g/mol. The van der Waals surface area contributed by atoms with Gasteiger partial charge in [-0.1, -0.05) is 6.92 Å². The summed E-state index contributed by atoms with van der Waals surface area (Å²) in [5, 5.41) is 0. The highest BCUT2D eigenvalue weighted by molar-refractivity contribution is 5.32. The summed E-state index contributed by atoms with van der Waals surface area (Å²) in [5.74, 6) is 1.71. The smallest absolute Gasteiger partial charge is 0.0872 e. The number of rotatable bonds is 0. The zero-order chi connectivity index (χ0) is 8.34. The fourth-order valence-electron chi connectivity index (χ4n) is 3.60. The SMILES string of the molecule is CC1C2CCN3C/C(=C\F)CC123. The molecule has 1 spiro atoms. The van der Waals surface area contributed by atoms with Crippen LogP contribution in [0.15, 0.2) is 11.9 Å². The molecule has 0 N–H and O–H groups in total. The van der Waals surface area contributed by atoms with Gasteiger partial charge in [0.15, 0.2) is 0 Å². The third-order valence-corrected chi connectivity index (χ3v) is 4.28. The molecule has 0 aromatic carbocycles. The largest absolute Gasteiger partial charge is 0.293 e. The minimum Gasteiger partial charge on any atom is -0.293 e. The van der Waals surface area contributed by atoms with Crippen molar-refractivity contribution in [2.24, 2.45) is 11.8 Å². The van der Waals surface area contributed by atoms with E-state index in [0.717, 1.165) is 36.7 Å². The van der Waals surface area contributed by atoms with Crippen molar-refractivity contribution in [3.63, 3.8) is 0 Å². The maximum atomic E-state index is 12.3. The van der Waals surface area contributed by atoms with E-state index in [2.05, 4.69) is 11.8 Å². The fourth-order valence-corrected chi connectivity index (χ4v) is 3.60. The molecule has 0 aromatic rings. The van der Waals surface area contributed by atoms with Crippen molar-refractivity contribution in [2.75, 3.05) is 13.1 Å². The zero-order valence-electron chi connectivity index (χ0n) is 7.39. The Morgan fingerprint density at radius 3 is 3.08 bits per heavy atom. The van der Waals surface area contributed by atoms with E-state index in [1.807, 2.05) is 0 Å². The van der Waals surface area contributed by atoms with Crippen LogP contribution in [0, 0.1) is 11.8 Å². The lowest BCUT2D eigenvalue weighted by Crippen LogP contribution is -2.29. The van der Waals surface area contributed by atoms with Gasteiger partial charge in [0.1, 0.15) is 0 Å². The fraction of sp³-hybridized carbons (Fsp3) is 0.800. The van der Waals surface area contributed by atoms with Crippen LogP contribution in [0.2, 0.25) is 0 Å². The summed E-state index contributed by atoms with van der Waals surface area (Å²) in [6.45, 7) is 4.42. The standard InChI is InChI=1S/C10H14FN/c1-7-9-2-3-12-6-8(5-11)4-10(7,9)12/h5,7,9H,2-4,6H2,1H3/b8-5-. The van der Waals surface area contributed by atoms with E-state index in [1.54, 1.807) is 0 Å². The van der Waals surface area contributed by atoms with Gasteiger partial charge in [-0.15, -0.1) is 0 Å². The lowest BCUT2D eigenvalue weighted by atomic mass is 10.1. The highest BCUT2D eigenvalue weighted by Crippen LogP contribution is 2.66. The summed E-state index contributed by atoms with van der Waals surface area (Å²) in [5.41, 5.74) is 1.45. The molecule has 12 heavy (non-hydrogen) atoms. The van der Waals surface area contributed by atoms with Crippen molar-refractivity contribution in [3.05, 3.63) is 11.9 Å². The number of hydrogen-bond donors (Lipinski definition) is 0. The molecule has 0 bridgehead atoms. The second-order valence-electron chi connectivity index (χ2n) is 4.54. The number of nitrogens with zero attached hydrogens (tertiary/aromatic N) is 1. The Hall–Kier alpha value is -0.370. The molecule has 3 aliphatic rings. The lowest BCUT2D eigenvalue weighted by molar-refractivity contribution is 0.256. The zero-order valence-corrected chi connectivity index (χ0v) is 7.39. The maximum absolute atomic E-state index is 12.3. The van der Waals surface area contributed by atoms with Gasteiger partial charge < -0.3 is 0 Å². The molecule has 2 heterocycles. The quantitative estimate of drug-likeness (QED) is 0.533. The second kappa shape index (κ2) is 1.92. The average Bonchev–Trinajstić information content (AvgIpc) is 2.49. The van der Waals surface area contributed by atoms with E-state index in [0.29, 0.717) is 5.54 Å². The highest BCUT2D eigenvalue weighted by atomic mass is 19.1. The summed E-state index contributed by atoms with van der Waals surface area (Å²) in [7, 11) is 0. The van der Waals surface area contributed by atoms with Crippen LogP contribution < -0.4 is 0 Å². The van der Waals surface area contributed by atoms with Gasteiger partial charge in [0, 0.05) is 12.1 Å². The lowest BCUT2D eigenvalue weighted by Gasteiger charge is -2.19. The molecule has 3 fully saturated rings. The minimum absolute atomic E-state index is 0.428. The Morgan fingerprint density at radius 1 is 1.67 bits per heavy atom. The van der Waals surface area contributed by atoms with E-state index in [9.17, 15) is 4.39 Å². The summed E-state index contributed by atoms with van der Waals surface area (Å²) in [6, 6.07) is 0. The van der Waals surface area contributed by atoms with Crippen molar-refractivity contribution in [2.45, 2.75) is 25.3 Å². The first-order valence-electron chi connectivity index (χ1n) is 4.82. The van der Waals surface area contributed by atoms with Crippen molar-refractivity contribution in [3.8, 4) is 0 Å². The van der Waals surface area contributed by atoms with Gasteiger partial charge in [-0.05, 0) is 36.8 Å². The van der Waals surface area contributed by atoms with E-state index < -0.39 is 0 Å². The van der Waals surface area contributed by atoms with Crippen LogP contribution in [0.3, 0.4) is 0 Å². The van der Waals surface area contributed by atoms with Crippen LogP contribution in [0.4, 0.5) is 4.39 Å². The van der Waals surface area contributed by atoms with Crippen LogP contribution in [-0.4, -0.2) is 23.5 Å². The number of hydrogen-bond acceptors (Lipinski definition) is 1. The Kier molecular flexibility index (Phi) is 1.13. The molecule has 1 saturated carbocycles. The number of halogens is 1. The molecule has 3 atom stereocenters. The maximum Gasteiger partial charge on any atom is 0.0872 e. The normalized spacial score (nSPS) is 54.3. The first kappa shape index (κ1) is 7.07. The molecule has 0 amide bonds. The van der Waals surface area contributed by atoms with Crippen molar-refractivity contribution < 1.29 is 4.39 Å². The molecule has 2 saturated heterocycles. The molecule has 1 aliphatic carbocycles. The van der Waals surface area contributed by atoms with Gasteiger partial charge in [-0.25, -0.2) is 4.39 Å². The summed E-state index contributed by atoms with van der Waals surface area (Å²) >= 11 is 0. The summed E-state index contributed by atoms with van der Waals surface area (Å²) in [4.78, 5) is 2.49. The molecule has 0 aromatic heterocycles. The van der Waals surface area contributed by atoms with Gasteiger partial charge in [0.2, 0.25) is 0 Å². The Bertz CT molecular complexity index is 261. The van der Waals surface area contributed by atoms with E-state index in [4.69, 9.17) is 0 Å². The third-order valence-electron chi connectivity index (χ3n) is 4.28. The highest BCUT2D eigenvalue weighted by Gasteiger charge is 2.70. The molecule has 3 rings (SSSR count). The van der Waals surface area contributed by atoms with Gasteiger partial charge in [0.05, 0.1) is 6.33 Å². The molecule has 2 heteroatoms. The van der Waals surface area contributed by atoms with E-state index in [1.165, 1.54) is 13.0 Å². The molecule has 2 aliphatic heterocycles. The van der Waals surface area contributed by atoms with Crippen LogP contribution in [0.25, 0.3) is 0 Å². The number of piperidine rings is 1. The van der Waals surface area contributed by atoms with Crippen LogP contribution in [-0.2, 0) is 0 Å². The van der Waals surface area contributed by atoms with Crippen LogP contribution >= 0.6 is 0 Å². The summed E-state index contributed by atoms with van der Waals surface area (Å²) in [6.07, 6.45) is 3.19.